The Morgan fingerprint density at radius 3 is 0.459 bits per heavy atom. The Morgan fingerprint density at radius 1 is 0.297 bits per heavy atom. The van der Waals surface area contributed by atoms with Crippen molar-refractivity contribution in [1.29, 1.82) is 0 Å². The summed E-state index contributed by atoms with van der Waals surface area (Å²) in [4.78, 5) is 22.7. The quantitative estimate of drug-likeness (QED) is 0.271. The molecule has 0 saturated heterocycles. The van der Waals surface area contributed by atoms with Gasteiger partial charge in [-0.05, 0) is 0 Å². The van der Waals surface area contributed by atoms with Gasteiger partial charge in [0.25, 0.3) is 0 Å². The Kier molecular flexibility index (Phi) is 18.7. The van der Waals surface area contributed by atoms with E-state index in [0.717, 1.165) is 0 Å². The first kappa shape index (κ1) is 32.8. The molecule has 0 aromatic carbocycles. The molecule has 0 unspecified atom stereocenters. The van der Waals surface area contributed by atoms with Crippen molar-refractivity contribution in [2.24, 2.45) is 42.3 Å². The Bertz CT molecular complexity index is 911. The van der Waals surface area contributed by atoms with Gasteiger partial charge in [0, 0.05) is 134 Å². The maximum atomic E-state index is 3.78. The summed E-state index contributed by atoms with van der Waals surface area (Å²) in [6.45, 7) is 0. The van der Waals surface area contributed by atoms with Crippen LogP contribution in [0.3, 0.4) is 0 Å². The van der Waals surface area contributed by atoms with E-state index in [1.165, 1.54) is 0 Å². The number of imidazole rings is 6. The molecule has 0 aliphatic heterocycles. The summed E-state index contributed by atoms with van der Waals surface area (Å²) in [5, 5.41) is 0. The third-order valence-electron chi connectivity index (χ3n) is 3.82. The fourth-order valence-corrected chi connectivity index (χ4v) is 1.95. The van der Waals surface area contributed by atoms with Gasteiger partial charge in [0.05, 0.1) is 38.0 Å². The molecule has 0 bridgehead atoms. The normalized spacial score (nSPS) is 8.59. The van der Waals surface area contributed by atoms with Crippen molar-refractivity contribution in [3.05, 3.63) is 112 Å². The van der Waals surface area contributed by atoms with Crippen LogP contribution < -0.4 is 0 Å². The molecule has 6 rings (SSSR count). The van der Waals surface area contributed by atoms with Crippen molar-refractivity contribution in [3.63, 3.8) is 0 Å². The molecule has 0 saturated carbocycles. The van der Waals surface area contributed by atoms with E-state index in [-0.39, 0.29) is 17.1 Å². The van der Waals surface area contributed by atoms with E-state index < -0.39 is 0 Å². The van der Waals surface area contributed by atoms with E-state index in [9.17, 15) is 0 Å². The summed E-state index contributed by atoms with van der Waals surface area (Å²) in [5.74, 6) is 0. The molecule has 6 heterocycles. The van der Waals surface area contributed by atoms with Crippen LogP contribution in [-0.2, 0) is 59.4 Å². The van der Waals surface area contributed by atoms with Gasteiger partial charge in [-0.15, -0.1) is 0 Å². The fourth-order valence-electron chi connectivity index (χ4n) is 1.95. The van der Waals surface area contributed by atoms with Crippen molar-refractivity contribution < 1.29 is 17.1 Å². The smallest absolute Gasteiger partial charge is 0.0943 e. The van der Waals surface area contributed by atoms with Crippen molar-refractivity contribution in [2.45, 2.75) is 0 Å². The summed E-state index contributed by atoms with van der Waals surface area (Å²) < 4.78 is 11.3. The minimum Gasteiger partial charge on any atom is -0.341 e. The van der Waals surface area contributed by atoms with Gasteiger partial charge in [0.1, 0.15) is 0 Å². The predicted molar refractivity (Wildman–Crippen MR) is 139 cm³/mol. The molecule has 0 amide bonds. The van der Waals surface area contributed by atoms with Crippen molar-refractivity contribution in [3.8, 4) is 0 Å². The molecular weight excluding hydrogens is 511 g/mol. The predicted octanol–water partition coefficient (Wildman–Crippen LogP) is 2.52. The average molecular weight is 548 g/mol. The van der Waals surface area contributed by atoms with Crippen LogP contribution >= 0.6 is 0 Å². The SMILES string of the molecule is Cn1ccnc1.Cn1ccnc1.Cn1ccnc1.Cn1ccnc1.Cn1ccnc1.Cn1ccnc1.[Mn]. The molecule has 0 atom stereocenters. The van der Waals surface area contributed by atoms with Gasteiger partial charge in [-0.25, -0.2) is 29.9 Å². The summed E-state index contributed by atoms with van der Waals surface area (Å²) >= 11 is 0. The van der Waals surface area contributed by atoms with Crippen LogP contribution in [0.1, 0.15) is 0 Å². The van der Waals surface area contributed by atoms with Crippen LogP contribution in [0.4, 0.5) is 0 Å². The maximum absolute atomic E-state index is 3.78. The second kappa shape index (κ2) is 21.1. The zero-order valence-corrected chi connectivity index (χ0v) is 23.3. The third-order valence-corrected chi connectivity index (χ3v) is 3.82. The topological polar surface area (TPSA) is 107 Å². The first-order chi connectivity index (χ1) is 17.4. The van der Waals surface area contributed by atoms with Crippen LogP contribution in [0.5, 0.6) is 0 Å². The molecule has 6 aromatic heterocycles. The molecule has 12 nitrogen and oxygen atoms in total. The van der Waals surface area contributed by atoms with Gasteiger partial charge in [0.15, 0.2) is 0 Å². The maximum Gasteiger partial charge on any atom is 0.0943 e. The Balaban J connectivity index is 0.000000418. The first-order valence-corrected chi connectivity index (χ1v) is 10.9. The second-order valence-electron chi connectivity index (χ2n) is 7.37. The van der Waals surface area contributed by atoms with Gasteiger partial charge >= 0.3 is 0 Å². The zero-order valence-electron chi connectivity index (χ0n) is 22.1. The summed E-state index contributed by atoms with van der Waals surface area (Å²) in [6.07, 6.45) is 32.3. The summed E-state index contributed by atoms with van der Waals surface area (Å²) in [5.41, 5.74) is 0. The van der Waals surface area contributed by atoms with E-state index in [1.54, 1.807) is 75.1 Å². The number of rotatable bonds is 0. The average Bonchev–Trinajstić information content (AvgIpc) is 3.67. The fraction of sp³-hybridized carbons (Fsp3) is 0.250. The van der Waals surface area contributed by atoms with E-state index in [2.05, 4.69) is 29.9 Å². The molecule has 0 aliphatic carbocycles. The molecule has 1 radical (unpaired) electrons. The number of aryl methyl sites for hydroxylation is 6. The molecule has 0 N–H and O–H groups in total. The van der Waals surface area contributed by atoms with Gasteiger partial charge in [-0.3, -0.25) is 0 Å². The Labute approximate surface area is 228 Å². The Hall–Kier alpha value is -4.22. The van der Waals surface area contributed by atoms with Crippen LogP contribution in [0.2, 0.25) is 0 Å². The number of hydrogen-bond acceptors (Lipinski definition) is 6. The van der Waals surface area contributed by atoms with Crippen molar-refractivity contribution in [2.75, 3.05) is 0 Å². The number of hydrogen-bond donors (Lipinski definition) is 0. The van der Waals surface area contributed by atoms with Crippen molar-refractivity contribution >= 4 is 0 Å². The minimum absolute atomic E-state index is 0. The molecule has 6 aromatic rings. The monoisotopic (exact) mass is 547 g/mol. The molecule has 37 heavy (non-hydrogen) atoms. The van der Waals surface area contributed by atoms with E-state index in [0.29, 0.717) is 0 Å². The van der Waals surface area contributed by atoms with Gasteiger partial charge < -0.3 is 27.4 Å². The standard InChI is InChI=1S/6C4H6N2.Mn/c6*1-6-3-2-5-4-6;/h6*2-4H,1H3;. The second-order valence-corrected chi connectivity index (χ2v) is 7.37. The molecule has 13 heteroatoms. The van der Waals surface area contributed by atoms with Gasteiger partial charge in [-0.1, -0.05) is 0 Å². The molecular formula is C24H36MnN12. The molecule has 0 spiro atoms. The van der Waals surface area contributed by atoms with Crippen LogP contribution in [0.25, 0.3) is 0 Å². The van der Waals surface area contributed by atoms with E-state index in [4.69, 9.17) is 0 Å². The summed E-state index contributed by atoms with van der Waals surface area (Å²) in [6, 6.07) is 0. The van der Waals surface area contributed by atoms with E-state index >= 15 is 0 Å². The number of nitrogens with zero attached hydrogens (tertiary/aromatic N) is 12. The molecule has 0 aliphatic rings. The van der Waals surface area contributed by atoms with Gasteiger partial charge in [0.2, 0.25) is 0 Å². The minimum atomic E-state index is 0. The van der Waals surface area contributed by atoms with Crippen LogP contribution in [0.15, 0.2) is 112 Å². The van der Waals surface area contributed by atoms with Gasteiger partial charge in [-0.2, -0.15) is 0 Å². The van der Waals surface area contributed by atoms with Crippen LogP contribution in [-0.4, -0.2) is 57.3 Å². The first-order valence-electron chi connectivity index (χ1n) is 10.9. The van der Waals surface area contributed by atoms with Crippen LogP contribution in [0, 0.1) is 0 Å². The van der Waals surface area contributed by atoms with Crippen molar-refractivity contribution in [1.82, 2.24) is 57.3 Å². The van der Waals surface area contributed by atoms with E-state index in [1.807, 2.05) is 107 Å². The zero-order chi connectivity index (χ0) is 26.4. The molecule has 199 valence electrons. The molecule has 0 fully saturated rings. The summed E-state index contributed by atoms with van der Waals surface area (Å²) in [7, 11) is 11.6. The largest absolute Gasteiger partial charge is 0.341 e. The third kappa shape index (κ3) is 19.7. The number of aromatic nitrogens is 12. The Morgan fingerprint density at radius 2 is 0.432 bits per heavy atom.